The van der Waals surface area contributed by atoms with Crippen LogP contribution in [0.25, 0.3) is 0 Å². The van der Waals surface area contributed by atoms with Crippen LogP contribution in [0.2, 0.25) is 0 Å². The Morgan fingerprint density at radius 3 is 2.38 bits per heavy atom. The smallest absolute Gasteiger partial charge is 0.0843 e. The van der Waals surface area contributed by atoms with Gasteiger partial charge in [0.1, 0.15) is 0 Å². The van der Waals surface area contributed by atoms with E-state index in [1.54, 1.807) is 0 Å². The quantitative estimate of drug-likeness (QED) is 0.754. The van der Waals surface area contributed by atoms with E-state index in [9.17, 15) is 0 Å². The molecular formula is C12H19Br2NS. The van der Waals surface area contributed by atoms with Crippen LogP contribution in [0.1, 0.15) is 45.0 Å². The summed E-state index contributed by atoms with van der Waals surface area (Å²) < 4.78 is 2.34. The van der Waals surface area contributed by atoms with Crippen LogP contribution in [0.5, 0.6) is 0 Å². The first-order valence-corrected chi connectivity index (χ1v) is 7.92. The number of halogens is 2. The van der Waals surface area contributed by atoms with E-state index in [1.807, 2.05) is 11.3 Å². The lowest BCUT2D eigenvalue weighted by Gasteiger charge is -2.25. The van der Waals surface area contributed by atoms with Crippen molar-refractivity contribution in [2.75, 3.05) is 6.54 Å². The van der Waals surface area contributed by atoms with E-state index in [4.69, 9.17) is 0 Å². The van der Waals surface area contributed by atoms with Gasteiger partial charge >= 0.3 is 0 Å². The third-order valence-corrected chi connectivity index (χ3v) is 5.64. The van der Waals surface area contributed by atoms with E-state index in [0.717, 1.165) is 17.4 Å². The van der Waals surface area contributed by atoms with Crippen LogP contribution in [0, 0.1) is 5.41 Å². The molecule has 0 aliphatic carbocycles. The SMILES string of the molecule is CCNC(CC(C)(C)C)c1cc(Br)c(Br)s1. The molecule has 0 fully saturated rings. The van der Waals surface area contributed by atoms with Gasteiger partial charge in [-0.25, -0.2) is 0 Å². The Morgan fingerprint density at radius 1 is 1.38 bits per heavy atom. The minimum atomic E-state index is 0.343. The standard InChI is InChI=1S/C12H19Br2NS/c1-5-15-9(7-12(2,3)4)10-6-8(13)11(14)16-10/h6,9,15H,5,7H2,1-4H3. The van der Waals surface area contributed by atoms with Gasteiger partial charge in [-0.2, -0.15) is 0 Å². The lowest BCUT2D eigenvalue weighted by Crippen LogP contribution is -2.24. The molecule has 1 aromatic heterocycles. The number of hydrogen-bond acceptors (Lipinski definition) is 2. The molecular weight excluding hydrogens is 350 g/mol. The zero-order chi connectivity index (χ0) is 12.3. The Hall–Kier alpha value is 0.620. The van der Waals surface area contributed by atoms with Crippen LogP contribution >= 0.6 is 43.2 Å². The average molecular weight is 369 g/mol. The fourth-order valence-corrected chi connectivity index (χ4v) is 3.83. The molecule has 0 saturated heterocycles. The van der Waals surface area contributed by atoms with E-state index in [-0.39, 0.29) is 0 Å². The summed E-state index contributed by atoms with van der Waals surface area (Å²) in [5.74, 6) is 0. The highest BCUT2D eigenvalue weighted by Gasteiger charge is 2.21. The first-order chi connectivity index (χ1) is 7.33. The molecule has 1 atom stereocenters. The predicted octanol–water partition coefficient (Wildman–Crippen LogP) is 5.36. The van der Waals surface area contributed by atoms with Crippen molar-refractivity contribution >= 4 is 43.2 Å². The normalized spacial score (nSPS) is 14.1. The summed E-state index contributed by atoms with van der Waals surface area (Å²) in [5, 5.41) is 3.56. The molecule has 1 nitrogen and oxygen atoms in total. The highest BCUT2D eigenvalue weighted by molar-refractivity contribution is 9.13. The van der Waals surface area contributed by atoms with Gasteiger partial charge in [-0.3, -0.25) is 0 Å². The molecule has 1 N–H and O–H groups in total. The van der Waals surface area contributed by atoms with Crippen molar-refractivity contribution in [1.29, 1.82) is 0 Å². The van der Waals surface area contributed by atoms with Crippen LogP contribution in [0.15, 0.2) is 14.3 Å². The van der Waals surface area contributed by atoms with E-state index in [1.165, 1.54) is 8.66 Å². The second kappa shape index (κ2) is 5.98. The average Bonchev–Trinajstić information content (AvgIpc) is 2.44. The molecule has 0 aliphatic rings. The van der Waals surface area contributed by atoms with Crippen LogP contribution in [-0.2, 0) is 0 Å². The minimum absolute atomic E-state index is 0.343. The van der Waals surface area contributed by atoms with Crippen molar-refractivity contribution in [2.45, 2.75) is 40.2 Å². The maximum absolute atomic E-state index is 3.56. The van der Waals surface area contributed by atoms with Crippen LogP contribution < -0.4 is 5.32 Å². The Balaban J connectivity index is 2.85. The fraction of sp³-hybridized carbons (Fsp3) is 0.667. The third kappa shape index (κ3) is 4.47. The van der Waals surface area contributed by atoms with Gasteiger partial charge in [-0.1, -0.05) is 27.7 Å². The number of nitrogens with one attached hydrogen (secondary N) is 1. The Kier molecular flexibility index (Phi) is 5.49. The summed E-state index contributed by atoms with van der Waals surface area (Å²) in [6, 6.07) is 2.67. The summed E-state index contributed by atoms with van der Waals surface area (Å²) in [6.07, 6.45) is 1.15. The number of rotatable bonds is 4. The third-order valence-electron chi connectivity index (χ3n) is 2.27. The molecule has 1 unspecified atom stereocenters. The highest BCUT2D eigenvalue weighted by Crippen LogP contribution is 2.39. The van der Waals surface area contributed by atoms with Gasteiger partial charge < -0.3 is 5.32 Å². The number of thiophene rings is 1. The van der Waals surface area contributed by atoms with E-state index < -0.39 is 0 Å². The maximum atomic E-state index is 3.56. The summed E-state index contributed by atoms with van der Waals surface area (Å²) in [4.78, 5) is 1.40. The van der Waals surface area contributed by atoms with Crippen molar-refractivity contribution in [3.8, 4) is 0 Å². The second-order valence-corrected chi connectivity index (χ2v) is 8.40. The van der Waals surface area contributed by atoms with Gasteiger partial charge in [0.25, 0.3) is 0 Å². The monoisotopic (exact) mass is 367 g/mol. The Bertz CT molecular complexity index is 322. The molecule has 1 aromatic rings. The van der Waals surface area contributed by atoms with Crippen molar-refractivity contribution in [1.82, 2.24) is 5.32 Å². The molecule has 1 rings (SSSR count). The van der Waals surface area contributed by atoms with E-state index in [0.29, 0.717) is 11.5 Å². The Labute approximate surface area is 119 Å². The predicted molar refractivity (Wildman–Crippen MR) is 80.2 cm³/mol. The molecule has 0 aliphatic heterocycles. The van der Waals surface area contributed by atoms with Gasteiger partial charge in [0.05, 0.1) is 3.79 Å². The molecule has 0 amide bonds. The van der Waals surface area contributed by atoms with Crippen molar-refractivity contribution in [3.05, 3.63) is 19.2 Å². The van der Waals surface area contributed by atoms with E-state index >= 15 is 0 Å². The van der Waals surface area contributed by atoms with Gasteiger partial charge in [0, 0.05) is 15.4 Å². The van der Waals surface area contributed by atoms with Crippen LogP contribution in [0.3, 0.4) is 0 Å². The Morgan fingerprint density at radius 2 is 2.00 bits per heavy atom. The largest absolute Gasteiger partial charge is 0.310 e. The molecule has 92 valence electrons. The summed E-state index contributed by atoms with van der Waals surface area (Å²) >= 11 is 8.92. The van der Waals surface area contributed by atoms with E-state index in [2.05, 4.69) is 70.9 Å². The van der Waals surface area contributed by atoms with Crippen LogP contribution in [-0.4, -0.2) is 6.54 Å². The van der Waals surface area contributed by atoms with Crippen molar-refractivity contribution in [3.63, 3.8) is 0 Å². The van der Waals surface area contributed by atoms with Crippen LogP contribution in [0.4, 0.5) is 0 Å². The van der Waals surface area contributed by atoms with Gasteiger partial charge in [-0.15, -0.1) is 11.3 Å². The zero-order valence-corrected chi connectivity index (χ0v) is 14.2. The van der Waals surface area contributed by atoms with Gasteiger partial charge in [0.2, 0.25) is 0 Å². The minimum Gasteiger partial charge on any atom is -0.310 e. The maximum Gasteiger partial charge on any atom is 0.0843 e. The first kappa shape index (κ1) is 14.7. The number of hydrogen-bond donors (Lipinski definition) is 1. The van der Waals surface area contributed by atoms with Crippen molar-refractivity contribution < 1.29 is 0 Å². The van der Waals surface area contributed by atoms with Gasteiger partial charge in [-0.05, 0) is 56.3 Å². The fourth-order valence-electron chi connectivity index (χ4n) is 1.67. The molecule has 0 radical (unpaired) electrons. The molecule has 0 aromatic carbocycles. The summed E-state index contributed by atoms with van der Waals surface area (Å²) in [7, 11) is 0. The second-order valence-electron chi connectivity index (χ2n) is 5.15. The molecule has 16 heavy (non-hydrogen) atoms. The van der Waals surface area contributed by atoms with Gasteiger partial charge in [0.15, 0.2) is 0 Å². The molecule has 0 bridgehead atoms. The molecule has 0 saturated carbocycles. The van der Waals surface area contributed by atoms with Crippen molar-refractivity contribution in [2.24, 2.45) is 5.41 Å². The zero-order valence-electron chi connectivity index (χ0n) is 10.2. The summed E-state index contributed by atoms with van der Waals surface area (Å²) in [6.45, 7) is 10.0. The highest BCUT2D eigenvalue weighted by atomic mass is 79.9. The lowest BCUT2D eigenvalue weighted by molar-refractivity contribution is 0.316. The molecule has 1 heterocycles. The molecule has 0 spiro atoms. The first-order valence-electron chi connectivity index (χ1n) is 5.51. The molecule has 4 heteroatoms. The topological polar surface area (TPSA) is 12.0 Å². The lowest BCUT2D eigenvalue weighted by atomic mass is 9.87. The summed E-state index contributed by atoms with van der Waals surface area (Å²) in [5.41, 5.74) is 0.343.